The lowest BCUT2D eigenvalue weighted by Crippen LogP contribution is -2.38. The molecule has 0 aliphatic heterocycles. The van der Waals surface area contributed by atoms with Gasteiger partial charge < -0.3 is 10.1 Å². The minimum absolute atomic E-state index is 0.0557. The molecule has 1 rings (SSSR count). The first kappa shape index (κ1) is 11.3. The van der Waals surface area contributed by atoms with Crippen molar-refractivity contribution in [2.24, 2.45) is 0 Å². The third-order valence-electron chi connectivity index (χ3n) is 2.09. The lowest BCUT2D eigenvalue weighted by atomic mass is 10.2. The fourth-order valence-electron chi connectivity index (χ4n) is 1.53. The predicted octanol–water partition coefficient (Wildman–Crippen LogP) is 2.40. The summed E-state index contributed by atoms with van der Waals surface area (Å²) < 4.78 is 17.8. The summed E-state index contributed by atoms with van der Waals surface area (Å²) in [6, 6.07) is -0.0557. The highest BCUT2D eigenvalue weighted by Gasteiger charge is 2.27. The van der Waals surface area contributed by atoms with E-state index in [0.29, 0.717) is 19.3 Å². The van der Waals surface area contributed by atoms with E-state index in [1.807, 2.05) is 0 Å². The minimum atomic E-state index is -0.769. The maximum Gasteiger partial charge on any atom is 0.407 e. The van der Waals surface area contributed by atoms with Crippen LogP contribution in [0.5, 0.6) is 0 Å². The lowest BCUT2D eigenvalue weighted by Gasteiger charge is -2.21. The number of carbonyl (C=O) groups excluding carboxylic acids is 1. The first-order valence-corrected chi connectivity index (χ1v) is 5.00. The van der Waals surface area contributed by atoms with Crippen LogP contribution >= 0.6 is 0 Å². The number of alkyl carbamates (subject to hydrolysis) is 1. The predicted molar refractivity (Wildman–Crippen MR) is 51.9 cm³/mol. The highest BCUT2D eigenvalue weighted by atomic mass is 19.1. The van der Waals surface area contributed by atoms with Crippen molar-refractivity contribution in [3.63, 3.8) is 0 Å². The van der Waals surface area contributed by atoms with Crippen molar-refractivity contribution in [2.45, 2.75) is 57.8 Å². The maximum absolute atomic E-state index is 12.8. The molecular weight excluding hydrogens is 185 g/mol. The number of ether oxygens (including phenoxy) is 1. The third kappa shape index (κ3) is 3.94. The molecule has 0 spiro atoms. The van der Waals surface area contributed by atoms with E-state index in [4.69, 9.17) is 4.74 Å². The molecule has 1 aliphatic carbocycles. The van der Waals surface area contributed by atoms with Crippen LogP contribution in [0.1, 0.15) is 40.0 Å². The largest absolute Gasteiger partial charge is 0.444 e. The standard InChI is InChI=1S/C10H18FNO2/c1-10(2,3)14-9(13)12-8-5-4-7(11)6-8/h7-8H,4-6H2,1-3H3,(H,12,13)/t7-,8-/m1/s1. The maximum atomic E-state index is 12.8. The summed E-state index contributed by atoms with van der Waals surface area (Å²) in [6.45, 7) is 5.41. The van der Waals surface area contributed by atoms with Crippen LogP contribution in [0.25, 0.3) is 0 Å². The summed E-state index contributed by atoms with van der Waals surface area (Å²) in [7, 11) is 0. The van der Waals surface area contributed by atoms with Gasteiger partial charge >= 0.3 is 6.09 Å². The van der Waals surface area contributed by atoms with Crippen LogP contribution in [-0.2, 0) is 4.74 Å². The van der Waals surface area contributed by atoms with Gasteiger partial charge in [-0.25, -0.2) is 9.18 Å². The first-order chi connectivity index (χ1) is 6.37. The third-order valence-corrected chi connectivity index (χ3v) is 2.09. The van der Waals surface area contributed by atoms with Crippen molar-refractivity contribution < 1.29 is 13.9 Å². The van der Waals surface area contributed by atoms with Gasteiger partial charge in [-0.05, 0) is 40.0 Å². The molecule has 82 valence electrons. The SMILES string of the molecule is CC(C)(C)OC(=O)N[C@@H]1CC[C@@H](F)C1. The second-order valence-corrected chi connectivity index (χ2v) is 4.75. The molecule has 0 aromatic carbocycles. The molecule has 3 nitrogen and oxygen atoms in total. The van der Waals surface area contributed by atoms with E-state index in [1.54, 1.807) is 20.8 Å². The number of hydrogen-bond donors (Lipinski definition) is 1. The number of hydrogen-bond acceptors (Lipinski definition) is 2. The smallest absolute Gasteiger partial charge is 0.407 e. The fourth-order valence-corrected chi connectivity index (χ4v) is 1.53. The van der Waals surface area contributed by atoms with Crippen molar-refractivity contribution in [1.29, 1.82) is 0 Å². The van der Waals surface area contributed by atoms with Crippen LogP contribution in [0.3, 0.4) is 0 Å². The summed E-state index contributed by atoms with van der Waals surface area (Å²) in [5.74, 6) is 0. The highest BCUT2D eigenvalue weighted by Crippen LogP contribution is 2.22. The Labute approximate surface area is 84.0 Å². The van der Waals surface area contributed by atoms with Gasteiger partial charge in [0.25, 0.3) is 0 Å². The molecule has 0 bridgehead atoms. The molecule has 2 atom stereocenters. The van der Waals surface area contributed by atoms with Gasteiger partial charge in [0.2, 0.25) is 0 Å². The van der Waals surface area contributed by atoms with Crippen LogP contribution in [0.2, 0.25) is 0 Å². The number of alkyl halides is 1. The van der Waals surface area contributed by atoms with Crippen molar-refractivity contribution >= 4 is 6.09 Å². The first-order valence-electron chi connectivity index (χ1n) is 5.00. The van der Waals surface area contributed by atoms with Crippen molar-refractivity contribution in [1.82, 2.24) is 5.32 Å². The normalized spacial score (nSPS) is 27.4. The minimum Gasteiger partial charge on any atom is -0.444 e. The molecule has 0 heterocycles. The van der Waals surface area contributed by atoms with E-state index < -0.39 is 17.9 Å². The Morgan fingerprint density at radius 1 is 1.43 bits per heavy atom. The molecule has 4 heteroatoms. The molecular formula is C10H18FNO2. The lowest BCUT2D eigenvalue weighted by molar-refractivity contribution is 0.0504. The van der Waals surface area contributed by atoms with E-state index >= 15 is 0 Å². The Morgan fingerprint density at radius 2 is 2.07 bits per heavy atom. The van der Waals surface area contributed by atoms with E-state index in [2.05, 4.69) is 5.32 Å². The van der Waals surface area contributed by atoms with Crippen LogP contribution < -0.4 is 5.32 Å². The van der Waals surface area contributed by atoms with Gasteiger partial charge in [-0.3, -0.25) is 0 Å². The van der Waals surface area contributed by atoms with Gasteiger partial charge in [0.1, 0.15) is 11.8 Å². The molecule has 0 radical (unpaired) electrons. The van der Waals surface area contributed by atoms with E-state index in [0.717, 1.165) is 0 Å². The summed E-state index contributed by atoms with van der Waals surface area (Å²) in [5.41, 5.74) is -0.488. The monoisotopic (exact) mass is 203 g/mol. The summed E-state index contributed by atoms with van der Waals surface area (Å²) in [4.78, 5) is 11.3. The van der Waals surface area contributed by atoms with Crippen LogP contribution in [-0.4, -0.2) is 23.9 Å². The second kappa shape index (κ2) is 4.15. The molecule has 1 amide bonds. The Bertz CT molecular complexity index is 213. The zero-order valence-electron chi connectivity index (χ0n) is 8.97. The van der Waals surface area contributed by atoms with Gasteiger partial charge in [0.15, 0.2) is 0 Å². The number of nitrogens with one attached hydrogen (secondary N) is 1. The van der Waals surface area contributed by atoms with Gasteiger partial charge in [-0.1, -0.05) is 0 Å². The van der Waals surface area contributed by atoms with Gasteiger partial charge in [-0.15, -0.1) is 0 Å². The fraction of sp³-hybridized carbons (Fsp3) is 0.900. The number of rotatable bonds is 1. The van der Waals surface area contributed by atoms with E-state index in [1.165, 1.54) is 0 Å². The number of halogens is 1. The van der Waals surface area contributed by atoms with Crippen LogP contribution in [0, 0.1) is 0 Å². The van der Waals surface area contributed by atoms with Crippen molar-refractivity contribution in [3.8, 4) is 0 Å². The summed E-state index contributed by atoms with van der Waals surface area (Å²) in [6.07, 6.45) is 0.451. The quantitative estimate of drug-likeness (QED) is 0.710. The highest BCUT2D eigenvalue weighted by molar-refractivity contribution is 5.68. The summed E-state index contributed by atoms with van der Waals surface area (Å²) >= 11 is 0. The average molecular weight is 203 g/mol. The molecule has 0 aromatic heterocycles. The van der Waals surface area contributed by atoms with E-state index in [-0.39, 0.29) is 6.04 Å². The molecule has 1 saturated carbocycles. The Morgan fingerprint density at radius 3 is 2.50 bits per heavy atom. The van der Waals surface area contributed by atoms with Crippen molar-refractivity contribution in [2.75, 3.05) is 0 Å². The zero-order valence-corrected chi connectivity index (χ0v) is 8.97. The number of carbonyl (C=O) groups is 1. The van der Waals surface area contributed by atoms with E-state index in [9.17, 15) is 9.18 Å². The zero-order chi connectivity index (χ0) is 10.8. The second-order valence-electron chi connectivity index (χ2n) is 4.75. The van der Waals surface area contributed by atoms with Gasteiger partial charge in [0.05, 0.1) is 0 Å². The Kier molecular flexibility index (Phi) is 3.34. The number of amides is 1. The van der Waals surface area contributed by atoms with Gasteiger partial charge in [0, 0.05) is 6.04 Å². The molecule has 0 aromatic rings. The summed E-state index contributed by atoms with van der Waals surface area (Å²) in [5, 5.41) is 2.66. The van der Waals surface area contributed by atoms with Crippen LogP contribution in [0.15, 0.2) is 0 Å². The van der Waals surface area contributed by atoms with Gasteiger partial charge in [-0.2, -0.15) is 0 Å². The topological polar surface area (TPSA) is 38.3 Å². The van der Waals surface area contributed by atoms with Crippen molar-refractivity contribution in [3.05, 3.63) is 0 Å². The average Bonchev–Trinajstić information content (AvgIpc) is 2.30. The molecule has 1 aliphatic rings. The molecule has 14 heavy (non-hydrogen) atoms. The van der Waals surface area contributed by atoms with Crippen LogP contribution in [0.4, 0.5) is 9.18 Å². The molecule has 0 saturated heterocycles. The Balaban J connectivity index is 2.27. The molecule has 1 fully saturated rings. The Hall–Kier alpha value is -0.800. The molecule has 1 N–H and O–H groups in total. The molecule has 0 unspecified atom stereocenters.